The summed E-state index contributed by atoms with van der Waals surface area (Å²) in [4.78, 5) is 18.8. The molecule has 4 nitrogen and oxygen atoms in total. The highest BCUT2D eigenvalue weighted by Gasteiger charge is 2.39. The number of fused-ring (bicyclic) bond motifs is 2. The Hall–Kier alpha value is -1.24. The van der Waals surface area contributed by atoms with E-state index in [4.69, 9.17) is 0 Å². The maximum Gasteiger partial charge on any atom is 0.280 e. The minimum Gasteiger partial charge on any atom is -0.346 e. The van der Waals surface area contributed by atoms with Crippen LogP contribution in [0.2, 0.25) is 0 Å². The highest BCUT2D eigenvalue weighted by molar-refractivity contribution is 7.22. The number of amides is 1. The summed E-state index contributed by atoms with van der Waals surface area (Å²) >= 11 is 3.14. The molecule has 2 aliphatic rings. The van der Waals surface area contributed by atoms with E-state index in [1.54, 1.807) is 17.5 Å². The molecule has 0 spiro atoms. The van der Waals surface area contributed by atoms with Crippen molar-refractivity contribution in [2.75, 3.05) is 0 Å². The van der Waals surface area contributed by atoms with E-state index < -0.39 is 0 Å². The van der Waals surface area contributed by atoms with Gasteiger partial charge in [0.25, 0.3) is 5.91 Å². The maximum atomic E-state index is 12.3. The van der Waals surface area contributed by atoms with E-state index in [1.807, 2.05) is 11.4 Å². The van der Waals surface area contributed by atoms with E-state index >= 15 is 0 Å². The van der Waals surface area contributed by atoms with Crippen molar-refractivity contribution in [1.29, 1.82) is 0 Å². The lowest BCUT2D eigenvalue weighted by molar-refractivity contribution is 0.0930. The first kappa shape index (κ1) is 12.5. The monoisotopic (exact) mass is 305 g/mol. The van der Waals surface area contributed by atoms with Gasteiger partial charge in [-0.05, 0) is 30.7 Å². The molecule has 1 amide bonds. The molecule has 2 aromatic rings. The quantitative estimate of drug-likeness (QED) is 0.916. The fraction of sp³-hybridized carbons (Fsp3) is 0.429. The summed E-state index contributed by atoms with van der Waals surface area (Å²) in [5, 5.41) is 9.27. The topological polar surface area (TPSA) is 54.0 Å². The van der Waals surface area contributed by atoms with E-state index in [-0.39, 0.29) is 11.9 Å². The molecule has 4 rings (SSSR count). The first-order valence-corrected chi connectivity index (χ1v) is 8.56. The smallest absolute Gasteiger partial charge is 0.280 e. The van der Waals surface area contributed by atoms with Crippen LogP contribution in [0.3, 0.4) is 0 Å². The predicted octanol–water partition coefficient (Wildman–Crippen LogP) is 2.49. The third-order valence-corrected chi connectivity index (χ3v) is 6.14. The second-order valence-electron chi connectivity index (χ2n) is 5.37. The van der Waals surface area contributed by atoms with E-state index in [2.05, 4.69) is 21.7 Å². The van der Waals surface area contributed by atoms with E-state index in [0.29, 0.717) is 17.1 Å². The average molecular weight is 305 g/mol. The van der Waals surface area contributed by atoms with Crippen molar-refractivity contribution in [3.05, 3.63) is 28.7 Å². The Morgan fingerprint density at radius 2 is 2.35 bits per heavy atom. The molecule has 0 unspecified atom stereocenters. The number of rotatable bonds is 3. The summed E-state index contributed by atoms with van der Waals surface area (Å²) in [6.45, 7) is 0. The Morgan fingerprint density at radius 3 is 3.05 bits per heavy atom. The van der Waals surface area contributed by atoms with Crippen LogP contribution >= 0.6 is 22.7 Å². The number of thiazole rings is 1. The molecule has 2 aliphatic heterocycles. The molecule has 4 heterocycles. The molecule has 2 aromatic heterocycles. The first-order valence-electron chi connectivity index (χ1n) is 6.86. The largest absolute Gasteiger partial charge is 0.346 e. The zero-order valence-electron chi connectivity index (χ0n) is 10.8. The normalized spacial score (nSPS) is 27.9. The van der Waals surface area contributed by atoms with E-state index in [9.17, 15) is 4.79 Å². The van der Waals surface area contributed by atoms with Crippen molar-refractivity contribution in [3.63, 3.8) is 0 Å². The van der Waals surface area contributed by atoms with Gasteiger partial charge in [0.2, 0.25) is 0 Å². The summed E-state index contributed by atoms with van der Waals surface area (Å²) in [6.07, 6.45) is 5.27. The Balaban J connectivity index is 1.46. The fourth-order valence-electron chi connectivity index (χ4n) is 3.13. The van der Waals surface area contributed by atoms with Crippen LogP contribution in [0.25, 0.3) is 9.75 Å². The van der Waals surface area contributed by atoms with Crippen LogP contribution in [0.15, 0.2) is 23.7 Å². The molecule has 2 N–H and O–H groups in total. The Labute approximate surface area is 125 Å². The second kappa shape index (κ2) is 4.95. The molecule has 6 heteroatoms. The van der Waals surface area contributed by atoms with Crippen LogP contribution < -0.4 is 10.6 Å². The van der Waals surface area contributed by atoms with Crippen molar-refractivity contribution < 1.29 is 4.79 Å². The lowest BCUT2D eigenvalue weighted by Gasteiger charge is -2.20. The maximum absolute atomic E-state index is 12.3. The van der Waals surface area contributed by atoms with Gasteiger partial charge in [-0.3, -0.25) is 4.79 Å². The number of hydrogen-bond acceptors (Lipinski definition) is 5. The van der Waals surface area contributed by atoms with Gasteiger partial charge >= 0.3 is 0 Å². The Bertz CT molecular complexity index is 622. The van der Waals surface area contributed by atoms with Gasteiger partial charge in [0.1, 0.15) is 0 Å². The number of nitrogens with one attached hydrogen (secondary N) is 2. The molecule has 20 heavy (non-hydrogen) atoms. The minimum atomic E-state index is -0.0304. The molecule has 2 saturated heterocycles. The van der Waals surface area contributed by atoms with Gasteiger partial charge < -0.3 is 10.6 Å². The molecule has 0 radical (unpaired) electrons. The van der Waals surface area contributed by atoms with Crippen LogP contribution in [-0.4, -0.2) is 29.0 Å². The SMILES string of the molecule is O=C(N[C@@H]1C[C@H]2CC[C@@H]1N2)c1ncc(-c2cccs2)s1. The molecular weight excluding hydrogens is 290 g/mol. The van der Waals surface area contributed by atoms with Gasteiger partial charge in [0, 0.05) is 29.2 Å². The second-order valence-corrected chi connectivity index (χ2v) is 7.35. The number of thiophene rings is 1. The molecule has 0 saturated carbocycles. The lowest BCUT2D eigenvalue weighted by atomic mass is 9.95. The number of nitrogens with zero attached hydrogens (tertiary/aromatic N) is 1. The molecule has 2 fully saturated rings. The lowest BCUT2D eigenvalue weighted by Crippen LogP contribution is -2.42. The Morgan fingerprint density at radius 1 is 1.40 bits per heavy atom. The van der Waals surface area contributed by atoms with Crippen molar-refractivity contribution >= 4 is 28.6 Å². The summed E-state index contributed by atoms with van der Waals surface area (Å²) in [7, 11) is 0. The summed E-state index contributed by atoms with van der Waals surface area (Å²) in [6, 6.07) is 5.40. The molecule has 0 aliphatic carbocycles. The molecule has 0 aromatic carbocycles. The van der Waals surface area contributed by atoms with Crippen molar-refractivity contribution in [2.24, 2.45) is 0 Å². The number of carbonyl (C=O) groups is 1. The highest BCUT2D eigenvalue weighted by Crippen LogP contribution is 2.31. The third kappa shape index (κ3) is 2.17. The molecule has 104 valence electrons. The average Bonchev–Trinajstić information content (AvgIpc) is 3.21. The standard InChI is InChI=1S/C14H15N3OS2/c18-13(17-10-6-8-3-4-9(10)16-8)14-15-7-12(20-14)11-2-1-5-19-11/h1-2,5,7-10,16H,3-4,6H2,(H,17,18)/t8-,9+,10-/m1/s1. The van der Waals surface area contributed by atoms with Crippen molar-refractivity contribution in [3.8, 4) is 9.75 Å². The van der Waals surface area contributed by atoms with E-state index in [1.165, 1.54) is 29.1 Å². The molecule has 2 bridgehead atoms. The zero-order chi connectivity index (χ0) is 13.5. The summed E-state index contributed by atoms with van der Waals surface area (Å²) < 4.78 is 0. The van der Waals surface area contributed by atoms with Crippen LogP contribution in [0.1, 0.15) is 29.1 Å². The number of aromatic nitrogens is 1. The van der Waals surface area contributed by atoms with Gasteiger partial charge in [-0.1, -0.05) is 6.07 Å². The Kier molecular flexibility index (Phi) is 3.09. The van der Waals surface area contributed by atoms with Gasteiger partial charge in [-0.25, -0.2) is 4.98 Å². The number of hydrogen-bond donors (Lipinski definition) is 2. The predicted molar refractivity (Wildman–Crippen MR) is 81.2 cm³/mol. The van der Waals surface area contributed by atoms with E-state index in [0.717, 1.165) is 11.3 Å². The first-order chi connectivity index (χ1) is 9.79. The number of carbonyl (C=O) groups excluding carboxylic acids is 1. The highest BCUT2D eigenvalue weighted by atomic mass is 32.1. The van der Waals surface area contributed by atoms with Gasteiger partial charge in [0.15, 0.2) is 5.01 Å². The van der Waals surface area contributed by atoms with Gasteiger partial charge in [-0.2, -0.15) is 0 Å². The van der Waals surface area contributed by atoms with Gasteiger partial charge in [0.05, 0.1) is 4.88 Å². The van der Waals surface area contributed by atoms with Crippen LogP contribution in [-0.2, 0) is 0 Å². The van der Waals surface area contributed by atoms with Crippen LogP contribution in [0, 0.1) is 0 Å². The fourth-order valence-corrected chi connectivity index (χ4v) is 4.76. The van der Waals surface area contributed by atoms with Crippen molar-refractivity contribution in [1.82, 2.24) is 15.6 Å². The molecular formula is C14H15N3OS2. The third-order valence-electron chi connectivity index (χ3n) is 4.08. The van der Waals surface area contributed by atoms with Gasteiger partial charge in [-0.15, -0.1) is 22.7 Å². The summed E-state index contributed by atoms with van der Waals surface area (Å²) in [5.74, 6) is -0.0304. The van der Waals surface area contributed by atoms with Crippen LogP contribution in [0.4, 0.5) is 0 Å². The van der Waals surface area contributed by atoms with Crippen molar-refractivity contribution in [2.45, 2.75) is 37.4 Å². The minimum absolute atomic E-state index is 0.0304. The molecule has 3 atom stereocenters. The van der Waals surface area contributed by atoms with Crippen LogP contribution in [0.5, 0.6) is 0 Å². The zero-order valence-corrected chi connectivity index (χ0v) is 12.5. The summed E-state index contributed by atoms with van der Waals surface area (Å²) in [5.41, 5.74) is 0.